The minimum Gasteiger partial charge on any atom is -0.462 e. The van der Waals surface area contributed by atoms with Gasteiger partial charge in [0.15, 0.2) is 0 Å². The number of nitriles is 1. The summed E-state index contributed by atoms with van der Waals surface area (Å²) in [7, 11) is 0. The fourth-order valence-corrected chi connectivity index (χ4v) is 3.67. The Labute approximate surface area is 155 Å². The summed E-state index contributed by atoms with van der Waals surface area (Å²) in [6.07, 6.45) is 2.13. The molecule has 26 heavy (non-hydrogen) atoms. The van der Waals surface area contributed by atoms with E-state index < -0.39 is 0 Å². The van der Waals surface area contributed by atoms with Crippen LogP contribution < -0.4 is 10.6 Å². The van der Waals surface area contributed by atoms with Crippen LogP contribution in [0.5, 0.6) is 0 Å². The van der Waals surface area contributed by atoms with E-state index in [9.17, 15) is 9.59 Å². The van der Waals surface area contributed by atoms with E-state index >= 15 is 0 Å². The topological polar surface area (TPSA) is 91.2 Å². The second-order valence-corrected chi connectivity index (χ2v) is 6.86. The van der Waals surface area contributed by atoms with Crippen LogP contribution in [0.4, 0.5) is 10.7 Å². The predicted molar refractivity (Wildman–Crippen MR) is 101 cm³/mol. The van der Waals surface area contributed by atoms with E-state index in [1.165, 1.54) is 11.3 Å². The molecule has 0 saturated heterocycles. The summed E-state index contributed by atoms with van der Waals surface area (Å²) in [4.78, 5) is 24.6. The molecular weight excluding hydrogens is 350 g/mol. The van der Waals surface area contributed by atoms with Gasteiger partial charge in [0, 0.05) is 5.69 Å². The van der Waals surface area contributed by atoms with Crippen LogP contribution in [0.1, 0.15) is 47.2 Å². The number of benzene rings is 1. The quantitative estimate of drug-likeness (QED) is 0.726. The number of anilines is 2. The summed E-state index contributed by atoms with van der Waals surface area (Å²) in [6, 6.07) is 8.96. The maximum absolute atomic E-state index is 12.3. The highest BCUT2D eigenvalue weighted by molar-refractivity contribution is 7.15. The standard InChI is InChI=1S/C19H19N3O3S/c1-2-25-19(24)17-15(13-6-7-13)11-26-18(17)22-16(23)10-21-14-5-3-4-12(8-14)9-20/h3-5,8,11,13,21H,2,6-7,10H2,1H3,(H,22,23). The third-order valence-corrected chi connectivity index (χ3v) is 4.93. The molecule has 1 aromatic carbocycles. The van der Waals surface area contributed by atoms with E-state index in [1.807, 2.05) is 5.38 Å². The maximum atomic E-state index is 12.3. The van der Waals surface area contributed by atoms with E-state index in [2.05, 4.69) is 16.7 Å². The molecule has 2 aromatic rings. The van der Waals surface area contributed by atoms with Crippen LogP contribution in [0, 0.1) is 11.3 Å². The summed E-state index contributed by atoms with van der Waals surface area (Å²) < 4.78 is 5.15. The van der Waals surface area contributed by atoms with Crippen molar-refractivity contribution in [3.05, 3.63) is 46.3 Å². The largest absolute Gasteiger partial charge is 0.462 e. The van der Waals surface area contributed by atoms with Crippen LogP contribution in [0.25, 0.3) is 0 Å². The molecule has 6 nitrogen and oxygen atoms in total. The Morgan fingerprint density at radius 2 is 2.19 bits per heavy atom. The molecule has 1 fully saturated rings. The first-order valence-electron chi connectivity index (χ1n) is 8.44. The summed E-state index contributed by atoms with van der Waals surface area (Å²) in [5.74, 6) is -0.258. The highest BCUT2D eigenvalue weighted by atomic mass is 32.1. The average Bonchev–Trinajstić information content (AvgIpc) is 3.41. The fraction of sp³-hybridized carbons (Fsp3) is 0.316. The van der Waals surface area contributed by atoms with Gasteiger partial charge < -0.3 is 15.4 Å². The van der Waals surface area contributed by atoms with Crippen LogP contribution in [0.2, 0.25) is 0 Å². The molecule has 0 bridgehead atoms. The number of nitrogens with zero attached hydrogens (tertiary/aromatic N) is 1. The Kier molecular flexibility index (Phi) is 5.54. The van der Waals surface area contributed by atoms with E-state index in [1.54, 1.807) is 31.2 Å². The highest BCUT2D eigenvalue weighted by Gasteiger charge is 2.32. The van der Waals surface area contributed by atoms with Gasteiger partial charge in [-0.1, -0.05) is 6.07 Å². The van der Waals surface area contributed by atoms with E-state index in [0.717, 1.165) is 18.4 Å². The molecular formula is C19H19N3O3S. The van der Waals surface area contributed by atoms with Crippen molar-refractivity contribution in [2.45, 2.75) is 25.7 Å². The van der Waals surface area contributed by atoms with Crippen molar-refractivity contribution in [2.75, 3.05) is 23.8 Å². The molecule has 134 valence electrons. The number of hydrogen-bond donors (Lipinski definition) is 2. The molecule has 7 heteroatoms. The molecule has 2 N–H and O–H groups in total. The minimum atomic E-state index is -0.388. The number of ether oxygens (including phenoxy) is 1. The fourth-order valence-electron chi connectivity index (χ4n) is 2.62. The number of rotatable bonds is 7. The third kappa shape index (κ3) is 4.21. The minimum absolute atomic E-state index is 0.0355. The number of esters is 1. The average molecular weight is 369 g/mol. The van der Waals surface area contributed by atoms with Gasteiger partial charge in [0.1, 0.15) is 5.00 Å². The Balaban J connectivity index is 1.67. The first-order chi connectivity index (χ1) is 12.6. The molecule has 1 aromatic heterocycles. The molecule has 1 aliphatic carbocycles. The molecule has 0 atom stereocenters. The smallest absolute Gasteiger partial charge is 0.341 e. The van der Waals surface area contributed by atoms with Crippen molar-refractivity contribution >= 4 is 33.9 Å². The van der Waals surface area contributed by atoms with Gasteiger partial charge >= 0.3 is 5.97 Å². The number of carbonyl (C=O) groups excluding carboxylic acids is 2. The second-order valence-electron chi connectivity index (χ2n) is 5.98. The number of thiophene rings is 1. The van der Waals surface area contributed by atoms with Crippen molar-refractivity contribution in [3.63, 3.8) is 0 Å². The van der Waals surface area contributed by atoms with Crippen molar-refractivity contribution in [3.8, 4) is 6.07 Å². The molecule has 1 heterocycles. The van der Waals surface area contributed by atoms with Gasteiger partial charge in [-0.05, 0) is 54.8 Å². The SMILES string of the molecule is CCOC(=O)c1c(C2CC2)csc1NC(=O)CNc1cccc(C#N)c1. The first-order valence-corrected chi connectivity index (χ1v) is 9.32. The zero-order valence-corrected chi connectivity index (χ0v) is 15.2. The van der Waals surface area contributed by atoms with Crippen molar-refractivity contribution in [2.24, 2.45) is 0 Å². The Hall–Kier alpha value is -2.85. The maximum Gasteiger partial charge on any atom is 0.341 e. The molecule has 3 rings (SSSR count). The second kappa shape index (κ2) is 8.02. The lowest BCUT2D eigenvalue weighted by Gasteiger charge is -2.09. The Morgan fingerprint density at radius 1 is 1.38 bits per heavy atom. The van der Waals surface area contributed by atoms with Crippen LogP contribution in [0.3, 0.4) is 0 Å². The molecule has 1 saturated carbocycles. The van der Waals surface area contributed by atoms with Crippen LogP contribution in [0.15, 0.2) is 29.6 Å². The molecule has 1 amide bonds. The van der Waals surface area contributed by atoms with E-state index in [0.29, 0.717) is 34.3 Å². The van der Waals surface area contributed by atoms with Gasteiger partial charge in [0.2, 0.25) is 5.91 Å². The van der Waals surface area contributed by atoms with Crippen molar-refractivity contribution in [1.82, 2.24) is 0 Å². The zero-order chi connectivity index (χ0) is 18.5. The van der Waals surface area contributed by atoms with Gasteiger partial charge in [-0.25, -0.2) is 4.79 Å². The van der Waals surface area contributed by atoms with E-state index in [4.69, 9.17) is 10.00 Å². The first kappa shape index (κ1) is 18.0. The lowest BCUT2D eigenvalue weighted by atomic mass is 10.1. The summed E-state index contributed by atoms with van der Waals surface area (Å²) >= 11 is 1.35. The van der Waals surface area contributed by atoms with Crippen LogP contribution in [-0.2, 0) is 9.53 Å². The Morgan fingerprint density at radius 3 is 2.88 bits per heavy atom. The van der Waals surface area contributed by atoms with Crippen molar-refractivity contribution in [1.29, 1.82) is 5.26 Å². The number of carbonyl (C=O) groups is 2. The van der Waals surface area contributed by atoms with Crippen molar-refractivity contribution < 1.29 is 14.3 Å². The predicted octanol–water partition coefficient (Wildman–Crippen LogP) is 3.72. The van der Waals surface area contributed by atoms with Crippen LogP contribution in [-0.4, -0.2) is 25.0 Å². The van der Waals surface area contributed by atoms with Gasteiger partial charge in [0.25, 0.3) is 0 Å². The van der Waals surface area contributed by atoms with Crippen LogP contribution >= 0.6 is 11.3 Å². The number of amides is 1. The lowest BCUT2D eigenvalue weighted by molar-refractivity contribution is -0.114. The molecule has 0 aliphatic heterocycles. The number of hydrogen-bond acceptors (Lipinski definition) is 6. The zero-order valence-electron chi connectivity index (χ0n) is 14.4. The Bertz CT molecular complexity index is 865. The monoisotopic (exact) mass is 369 g/mol. The highest BCUT2D eigenvalue weighted by Crippen LogP contribution is 2.46. The molecule has 1 aliphatic rings. The third-order valence-electron chi connectivity index (χ3n) is 4.01. The summed E-state index contributed by atoms with van der Waals surface area (Å²) in [5.41, 5.74) is 2.67. The molecule has 0 radical (unpaired) electrons. The van der Waals surface area contributed by atoms with Gasteiger partial charge in [-0.15, -0.1) is 11.3 Å². The normalized spacial score (nSPS) is 12.9. The van der Waals surface area contributed by atoms with Gasteiger partial charge in [0.05, 0.1) is 30.3 Å². The summed E-state index contributed by atoms with van der Waals surface area (Å²) in [6.45, 7) is 2.09. The number of nitrogens with one attached hydrogen (secondary N) is 2. The van der Waals surface area contributed by atoms with Gasteiger partial charge in [-0.2, -0.15) is 5.26 Å². The molecule has 0 spiro atoms. The van der Waals surface area contributed by atoms with Gasteiger partial charge in [-0.3, -0.25) is 4.79 Å². The lowest BCUT2D eigenvalue weighted by Crippen LogP contribution is -2.22. The molecule has 0 unspecified atom stereocenters. The summed E-state index contributed by atoms with van der Waals surface area (Å²) in [5, 5.41) is 17.2. The van der Waals surface area contributed by atoms with E-state index in [-0.39, 0.29) is 18.4 Å².